The third-order valence-electron chi connectivity index (χ3n) is 8.05. The summed E-state index contributed by atoms with van der Waals surface area (Å²) in [4.78, 5) is 25.9. The molecular formula is C25H30O4. The average Bonchev–Trinajstić information content (AvgIpc) is 3.22. The highest BCUT2D eigenvalue weighted by atomic mass is 16.6. The molecule has 0 aromatic carbocycles. The maximum atomic E-state index is 13.0. The number of esters is 2. The van der Waals surface area contributed by atoms with Gasteiger partial charge >= 0.3 is 11.9 Å². The quantitative estimate of drug-likeness (QED) is 0.606. The van der Waals surface area contributed by atoms with Gasteiger partial charge in [-0.1, -0.05) is 45.8 Å². The number of carbonyl (C=O) groups excluding carboxylic acids is 2. The second kappa shape index (κ2) is 6.45. The van der Waals surface area contributed by atoms with Crippen LogP contribution in [0.15, 0.2) is 46.3 Å². The number of fused-ring (bicyclic) bond motifs is 4. The van der Waals surface area contributed by atoms with Crippen LogP contribution in [0.3, 0.4) is 0 Å². The molecule has 5 rings (SSSR count). The minimum absolute atomic E-state index is 0.0641. The number of carbonyl (C=O) groups is 2. The van der Waals surface area contributed by atoms with E-state index < -0.39 is 5.60 Å². The summed E-state index contributed by atoms with van der Waals surface area (Å²) in [6.07, 6.45) is 13.7. The van der Waals surface area contributed by atoms with Crippen LogP contribution in [0.5, 0.6) is 0 Å². The van der Waals surface area contributed by atoms with Gasteiger partial charge in [0.05, 0.1) is 11.1 Å². The van der Waals surface area contributed by atoms with Crippen molar-refractivity contribution >= 4 is 11.9 Å². The highest BCUT2D eigenvalue weighted by Crippen LogP contribution is 2.74. The fourth-order valence-corrected chi connectivity index (χ4v) is 6.97. The summed E-state index contributed by atoms with van der Waals surface area (Å²) in [6, 6.07) is 0. The molecular weight excluding hydrogens is 364 g/mol. The number of allylic oxidation sites excluding steroid dienone is 3. The van der Waals surface area contributed by atoms with E-state index in [0.29, 0.717) is 5.92 Å². The van der Waals surface area contributed by atoms with Crippen LogP contribution in [-0.2, 0) is 19.1 Å². The first-order chi connectivity index (χ1) is 14.0. The van der Waals surface area contributed by atoms with Gasteiger partial charge in [0.1, 0.15) is 11.4 Å². The molecule has 1 saturated carbocycles. The zero-order valence-corrected chi connectivity index (χ0v) is 17.7. The first kappa shape index (κ1) is 18.9. The van der Waals surface area contributed by atoms with E-state index in [1.807, 2.05) is 6.08 Å². The van der Waals surface area contributed by atoms with E-state index in [9.17, 15) is 9.59 Å². The van der Waals surface area contributed by atoms with Gasteiger partial charge in [0.2, 0.25) is 0 Å². The molecule has 154 valence electrons. The minimum atomic E-state index is -0.676. The molecule has 0 amide bonds. The number of unbranched alkanes of at least 4 members (excludes halogenated alkanes) is 1. The number of hydrogen-bond acceptors (Lipinski definition) is 4. The SMILES string of the molecule is CCCC=C1OC(=O)C2=C1CCC1C2C2(OC(=O)C3=C2CCC=C3)C1(C)CCC. The lowest BCUT2D eigenvalue weighted by Gasteiger charge is -2.68. The van der Waals surface area contributed by atoms with Crippen LogP contribution in [0.2, 0.25) is 0 Å². The Balaban J connectivity index is 1.67. The molecule has 0 saturated heterocycles. The molecule has 0 aromatic heterocycles. The summed E-state index contributed by atoms with van der Waals surface area (Å²) in [7, 11) is 0. The van der Waals surface area contributed by atoms with E-state index in [2.05, 4.69) is 32.9 Å². The molecule has 29 heavy (non-hydrogen) atoms. The second-order valence-corrected chi connectivity index (χ2v) is 9.39. The van der Waals surface area contributed by atoms with Crippen molar-refractivity contribution in [3.63, 3.8) is 0 Å². The normalized spacial score (nSPS) is 38.8. The summed E-state index contributed by atoms with van der Waals surface area (Å²) in [5, 5.41) is 0. The van der Waals surface area contributed by atoms with Crippen LogP contribution in [0.25, 0.3) is 0 Å². The summed E-state index contributed by atoms with van der Waals surface area (Å²) in [5.41, 5.74) is 2.93. The maximum absolute atomic E-state index is 13.0. The van der Waals surface area contributed by atoms with Crippen LogP contribution < -0.4 is 0 Å². The topological polar surface area (TPSA) is 52.6 Å². The Hall–Kier alpha value is -2.10. The summed E-state index contributed by atoms with van der Waals surface area (Å²) in [6.45, 7) is 6.61. The van der Waals surface area contributed by atoms with Crippen molar-refractivity contribution < 1.29 is 19.1 Å². The molecule has 1 fully saturated rings. The lowest BCUT2D eigenvalue weighted by molar-refractivity contribution is -0.239. The summed E-state index contributed by atoms with van der Waals surface area (Å²) < 4.78 is 12.1. The molecule has 4 atom stereocenters. The number of ether oxygens (including phenoxy) is 2. The predicted molar refractivity (Wildman–Crippen MR) is 110 cm³/mol. The van der Waals surface area contributed by atoms with E-state index in [1.165, 1.54) is 0 Å². The van der Waals surface area contributed by atoms with Crippen molar-refractivity contribution in [1.82, 2.24) is 0 Å². The lowest BCUT2D eigenvalue weighted by atomic mass is 9.37. The molecule has 0 bridgehead atoms. The van der Waals surface area contributed by atoms with Gasteiger partial charge in [-0.05, 0) is 56.1 Å². The minimum Gasteiger partial charge on any atom is -0.450 e. The van der Waals surface area contributed by atoms with Crippen molar-refractivity contribution in [1.29, 1.82) is 0 Å². The van der Waals surface area contributed by atoms with Crippen molar-refractivity contribution in [3.05, 3.63) is 46.3 Å². The fraction of sp³-hybridized carbons (Fsp3) is 0.600. The fourth-order valence-electron chi connectivity index (χ4n) is 6.97. The molecule has 4 nitrogen and oxygen atoms in total. The zero-order valence-electron chi connectivity index (χ0n) is 17.7. The Morgan fingerprint density at radius 3 is 2.76 bits per heavy atom. The maximum Gasteiger partial charge on any atom is 0.340 e. The van der Waals surface area contributed by atoms with Gasteiger partial charge in [-0.2, -0.15) is 0 Å². The van der Waals surface area contributed by atoms with E-state index in [-0.39, 0.29) is 23.3 Å². The van der Waals surface area contributed by atoms with Crippen molar-refractivity contribution in [2.24, 2.45) is 17.3 Å². The number of hydrogen-bond donors (Lipinski definition) is 0. The summed E-state index contributed by atoms with van der Waals surface area (Å²) in [5.74, 6) is 0.617. The zero-order chi connectivity index (χ0) is 20.4. The van der Waals surface area contributed by atoms with Gasteiger partial charge in [0, 0.05) is 16.9 Å². The van der Waals surface area contributed by atoms with Crippen molar-refractivity contribution in [2.75, 3.05) is 0 Å². The van der Waals surface area contributed by atoms with Gasteiger partial charge in [-0.25, -0.2) is 9.59 Å². The standard InChI is InChI=1S/C25H30O4/c1-4-6-11-19-16-12-13-18-21(20(16)23(27)28-19)25(24(18,3)14-5-2)17-10-8-7-9-15(17)22(26)29-25/h7,9,11,18,21H,4-6,8,10,12-14H2,1-3H3. The second-order valence-electron chi connectivity index (χ2n) is 9.39. The Kier molecular flexibility index (Phi) is 4.20. The first-order valence-electron chi connectivity index (χ1n) is 11.3. The van der Waals surface area contributed by atoms with Gasteiger partial charge in [-0.3, -0.25) is 0 Å². The van der Waals surface area contributed by atoms with Gasteiger partial charge in [-0.15, -0.1) is 0 Å². The lowest BCUT2D eigenvalue weighted by Crippen LogP contribution is -2.72. The molecule has 4 heteroatoms. The molecule has 1 spiro atoms. The van der Waals surface area contributed by atoms with E-state index in [1.54, 1.807) is 0 Å². The largest absolute Gasteiger partial charge is 0.450 e. The Morgan fingerprint density at radius 2 is 2.00 bits per heavy atom. The Labute approximate surface area is 172 Å². The first-order valence-corrected chi connectivity index (χ1v) is 11.3. The average molecular weight is 395 g/mol. The van der Waals surface area contributed by atoms with Crippen LogP contribution in [0.4, 0.5) is 0 Å². The molecule has 2 heterocycles. The number of cyclic esters (lactones) is 1. The monoisotopic (exact) mass is 394 g/mol. The van der Waals surface area contributed by atoms with Gasteiger partial charge in [0.25, 0.3) is 0 Å². The van der Waals surface area contributed by atoms with Gasteiger partial charge < -0.3 is 9.47 Å². The third kappa shape index (κ3) is 2.21. The van der Waals surface area contributed by atoms with Crippen LogP contribution in [0.1, 0.15) is 72.1 Å². The van der Waals surface area contributed by atoms with Crippen LogP contribution in [0, 0.1) is 17.3 Å². The molecule has 4 unspecified atom stereocenters. The Morgan fingerprint density at radius 1 is 1.17 bits per heavy atom. The van der Waals surface area contributed by atoms with Crippen molar-refractivity contribution in [2.45, 2.75) is 77.7 Å². The smallest absolute Gasteiger partial charge is 0.340 e. The highest BCUT2D eigenvalue weighted by Gasteiger charge is 2.77. The Bertz CT molecular complexity index is 917. The molecule has 3 aliphatic carbocycles. The number of rotatable bonds is 4. The molecule has 0 radical (unpaired) electrons. The highest BCUT2D eigenvalue weighted by molar-refractivity contribution is 6.00. The third-order valence-corrected chi connectivity index (χ3v) is 8.05. The van der Waals surface area contributed by atoms with Crippen LogP contribution in [-0.4, -0.2) is 17.5 Å². The van der Waals surface area contributed by atoms with Crippen molar-refractivity contribution in [3.8, 4) is 0 Å². The molecule has 0 aromatic rings. The van der Waals surface area contributed by atoms with E-state index in [0.717, 1.165) is 79.4 Å². The predicted octanol–water partition coefficient (Wildman–Crippen LogP) is 5.31. The molecule has 5 aliphatic rings. The van der Waals surface area contributed by atoms with Crippen LogP contribution >= 0.6 is 0 Å². The summed E-state index contributed by atoms with van der Waals surface area (Å²) >= 11 is 0. The molecule has 0 N–H and O–H groups in total. The molecule has 2 aliphatic heterocycles. The van der Waals surface area contributed by atoms with E-state index >= 15 is 0 Å². The van der Waals surface area contributed by atoms with Gasteiger partial charge in [0.15, 0.2) is 0 Å². The van der Waals surface area contributed by atoms with E-state index in [4.69, 9.17) is 9.47 Å².